The standard InChI is InChI=1S/C23H35NO2/c1-26-21-9-8-19-14-20(17-25)24(16-18-6-5-7-18)13-12-23(22(19)15-21)10-3-2-4-11-23/h8-9,15,18,20,25H,2-7,10-14,16-17H2,1H3/t20-/m1/s1. The Morgan fingerprint density at radius 1 is 1.12 bits per heavy atom. The van der Waals surface area contributed by atoms with Crippen LogP contribution in [0.25, 0.3) is 0 Å². The molecule has 1 aromatic carbocycles. The Labute approximate surface area is 158 Å². The summed E-state index contributed by atoms with van der Waals surface area (Å²) in [5, 5.41) is 10.1. The molecule has 1 spiro atoms. The predicted octanol–water partition coefficient (Wildman–Crippen LogP) is 4.31. The SMILES string of the molecule is COc1ccc2c(c1)C1(CCCCC1)CCN(CC1CCC1)[C@@H](CO)C2. The quantitative estimate of drug-likeness (QED) is 0.872. The van der Waals surface area contributed by atoms with E-state index in [4.69, 9.17) is 4.74 Å². The fourth-order valence-corrected chi connectivity index (χ4v) is 5.59. The van der Waals surface area contributed by atoms with Gasteiger partial charge in [0.1, 0.15) is 5.75 Å². The van der Waals surface area contributed by atoms with Gasteiger partial charge in [0.2, 0.25) is 0 Å². The molecule has 144 valence electrons. The van der Waals surface area contributed by atoms with Crippen LogP contribution in [0.1, 0.15) is 68.9 Å². The fraction of sp³-hybridized carbons (Fsp3) is 0.739. The lowest BCUT2D eigenvalue weighted by atomic mass is 9.65. The molecule has 26 heavy (non-hydrogen) atoms. The van der Waals surface area contributed by atoms with Crippen LogP contribution in [0.2, 0.25) is 0 Å². The van der Waals surface area contributed by atoms with Gasteiger partial charge in [-0.3, -0.25) is 4.90 Å². The molecule has 0 amide bonds. The zero-order valence-electron chi connectivity index (χ0n) is 16.4. The molecule has 0 aromatic heterocycles. The van der Waals surface area contributed by atoms with Crippen molar-refractivity contribution in [3.05, 3.63) is 29.3 Å². The van der Waals surface area contributed by atoms with E-state index in [1.165, 1.54) is 75.5 Å². The highest BCUT2D eigenvalue weighted by Crippen LogP contribution is 2.46. The van der Waals surface area contributed by atoms with E-state index in [1.54, 1.807) is 7.11 Å². The van der Waals surface area contributed by atoms with E-state index in [1.807, 2.05) is 0 Å². The number of rotatable bonds is 4. The van der Waals surface area contributed by atoms with E-state index in [2.05, 4.69) is 23.1 Å². The van der Waals surface area contributed by atoms with Crippen LogP contribution in [0.15, 0.2) is 18.2 Å². The lowest BCUT2D eigenvalue weighted by Crippen LogP contribution is -2.48. The summed E-state index contributed by atoms with van der Waals surface area (Å²) in [6, 6.07) is 6.97. The summed E-state index contributed by atoms with van der Waals surface area (Å²) in [5.41, 5.74) is 3.30. The number of hydrogen-bond donors (Lipinski definition) is 1. The molecule has 2 fully saturated rings. The first-order valence-electron chi connectivity index (χ1n) is 10.8. The van der Waals surface area contributed by atoms with Gasteiger partial charge in [0, 0.05) is 12.6 Å². The van der Waals surface area contributed by atoms with Crippen molar-refractivity contribution in [1.29, 1.82) is 0 Å². The average Bonchev–Trinajstić information content (AvgIpc) is 2.65. The van der Waals surface area contributed by atoms with Crippen LogP contribution in [-0.2, 0) is 11.8 Å². The van der Waals surface area contributed by atoms with Gasteiger partial charge in [-0.05, 0) is 79.7 Å². The lowest BCUT2D eigenvalue weighted by Gasteiger charge is -2.45. The first-order chi connectivity index (χ1) is 12.7. The Kier molecular flexibility index (Phi) is 5.56. The predicted molar refractivity (Wildman–Crippen MR) is 106 cm³/mol. The van der Waals surface area contributed by atoms with Gasteiger partial charge in [0.15, 0.2) is 0 Å². The highest BCUT2D eigenvalue weighted by atomic mass is 16.5. The van der Waals surface area contributed by atoms with Crippen LogP contribution in [0.5, 0.6) is 5.75 Å². The van der Waals surface area contributed by atoms with Crippen LogP contribution < -0.4 is 4.74 Å². The van der Waals surface area contributed by atoms with Crippen molar-refractivity contribution in [2.45, 2.75) is 75.7 Å². The second-order valence-corrected chi connectivity index (χ2v) is 8.95. The summed E-state index contributed by atoms with van der Waals surface area (Å²) >= 11 is 0. The molecular formula is C23H35NO2. The van der Waals surface area contributed by atoms with Gasteiger partial charge in [0.25, 0.3) is 0 Å². The molecule has 0 bridgehead atoms. The Balaban J connectivity index is 1.68. The van der Waals surface area contributed by atoms with E-state index in [0.717, 1.165) is 24.6 Å². The van der Waals surface area contributed by atoms with Crippen LogP contribution in [0, 0.1) is 5.92 Å². The third-order valence-electron chi connectivity index (χ3n) is 7.48. The van der Waals surface area contributed by atoms with Gasteiger partial charge in [-0.2, -0.15) is 0 Å². The summed E-state index contributed by atoms with van der Waals surface area (Å²) in [6.45, 7) is 2.59. The van der Waals surface area contributed by atoms with Crippen LogP contribution in [0.4, 0.5) is 0 Å². The molecule has 3 nitrogen and oxygen atoms in total. The van der Waals surface area contributed by atoms with E-state index in [-0.39, 0.29) is 12.6 Å². The first kappa shape index (κ1) is 18.3. The van der Waals surface area contributed by atoms with Crippen LogP contribution in [0.3, 0.4) is 0 Å². The van der Waals surface area contributed by atoms with E-state index in [0.29, 0.717) is 5.41 Å². The maximum atomic E-state index is 10.1. The summed E-state index contributed by atoms with van der Waals surface area (Å²) in [5.74, 6) is 1.85. The van der Waals surface area contributed by atoms with Crippen molar-refractivity contribution in [3.8, 4) is 5.75 Å². The van der Waals surface area contributed by atoms with Crippen molar-refractivity contribution in [2.24, 2.45) is 5.92 Å². The molecule has 4 rings (SSSR count). The molecule has 2 aliphatic carbocycles. The number of hydrogen-bond acceptors (Lipinski definition) is 3. The molecule has 3 heteroatoms. The molecule has 0 radical (unpaired) electrons. The van der Waals surface area contributed by atoms with Gasteiger partial charge in [-0.15, -0.1) is 0 Å². The maximum absolute atomic E-state index is 10.1. The second-order valence-electron chi connectivity index (χ2n) is 8.95. The molecule has 3 aliphatic rings. The number of ether oxygens (including phenoxy) is 1. The van der Waals surface area contributed by atoms with Gasteiger partial charge in [-0.25, -0.2) is 0 Å². The molecule has 1 aliphatic heterocycles. The molecule has 2 saturated carbocycles. The largest absolute Gasteiger partial charge is 0.497 e. The molecule has 1 atom stereocenters. The smallest absolute Gasteiger partial charge is 0.119 e. The minimum atomic E-state index is 0.267. The zero-order chi connectivity index (χ0) is 18.0. The minimum Gasteiger partial charge on any atom is -0.497 e. The van der Waals surface area contributed by atoms with Gasteiger partial charge in [0.05, 0.1) is 13.7 Å². The van der Waals surface area contributed by atoms with Gasteiger partial charge >= 0.3 is 0 Å². The molecule has 1 N–H and O–H groups in total. The topological polar surface area (TPSA) is 32.7 Å². The maximum Gasteiger partial charge on any atom is 0.119 e. The Morgan fingerprint density at radius 3 is 2.58 bits per heavy atom. The highest BCUT2D eigenvalue weighted by molar-refractivity contribution is 5.42. The molecule has 1 aromatic rings. The summed E-state index contributed by atoms with van der Waals surface area (Å²) in [7, 11) is 1.77. The van der Waals surface area contributed by atoms with Crippen molar-refractivity contribution in [3.63, 3.8) is 0 Å². The van der Waals surface area contributed by atoms with Crippen molar-refractivity contribution in [1.82, 2.24) is 4.90 Å². The fourth-order valence-electron chi connectivity index (χ4n) is 5.59. The van der Waals surface area contributed by atoms with E-state index < -0.39 is 0 Å². The first-order valence-corrected chi connectivity index (χ1v) is 10.8. The van der Waals surface area contributed by atoms with Crippen molar-refractivity contribution in [2.75, 3.05) is 26.8 Å². The normalized spacial score (nSPS) is 26.6. The number of benzene rings is 1. The van der Waals surface area contributed by atoms with E-state index in [9.17, 15) is 5.11 Å². The Morgan fingerprint density at radius 2 is 1.92 bits per heavy atom. The summed E-state index contributed by atoms with van der Waals surface area (Å²) in [4.78, 5) is 2.63. The Bertz CT molecular complexity index is 604. The highest BCUT2D eigenvalue weighted by Gasteiger charge is 2.39. The number of fused-ring (bicyclic) bond motifs is 2. The number of nitrogens with zero attached hydrogens (tertiary/aromatic N) is 1. The average molecular weight is 358 g/mol. The van der Waals surface area contributed by atoms with Gasteiger partial charge in [-0.1, -0.05) is 31.7 Å². The molecule has 0 unspecified atom stereocenters. The number of aliphatic hydroxyl groups excluding tert-OH is 1. The van der Waals surface area contributed by atoms with Crippen LogP contribution >= 0.6 is 0 Å². The summed E-state index contributed by atoms with van der Waals surface area (Å²) in [6.07, 6.45) is 13.1. The van der Waals surface area contributed by atoms with Gasteiger partial charge < -0.3 is 9.84 Å². The third kappa shape index (κ3) is 3.53. The molecular weight excluding hydrogens is 322 g/mol. The molecule has 0 saturated heterocycles. The number of aliphatic hydroxyl groups is 1. The molecule has 1 heterocycles. The van der Waals surface area contributed by atoms with E-state index >= 15 is 0 Å². The van der Waals surface area contributed by atoms with Crippen molar-refractivity contribution >= 4 is 0 Å². The lowest BCUT2D eigenvalue weighted by molar-refractivity contribution is 0.0719. The third-order valence-corrected chi connectivity index (χ3v) is 7.48. The monoisotopic (exact) mass is 357 g/mol. The zero-order valence-corrected chi connectivity index (χ0v) is 16.4. The second kappa shape index (κ2) is 7.90. The summed E-state index contributed by atoms with van der Waals surface area (Å²) < 4.78 is 5.58. The van der Waals surface area contributed by atoms with Crippen LogP contribution in [-0.4, -0.2) is 42.9 Å². The van der Waals surface area contributed by atoms with Crippen molar-refractivity contribution < 1.29 is 9.84 Å². The Hall–Kier alpha value is -1.06. The number of methoxy groups -OCH3 is 1. The minimum absolute atomic E-state index is 0.267.